The molecule has 3 rings (SSSR count). The van der Waals surface area contributed by atoms with Crippen molar-refractivity contribution in [2.24, 2.45) is 0 Å². The molecule has 3 nitrogen and oxygen atoms in total. The molecule has 1 N–H and O–H groups in total. The third kappa shape index (κ3) is 4.35. The van der Waals surface area contributed by atoms with E-state index in [1.807, 2.05) is 31.2 Å². The van der Waals surface area contributed by atoms with Crippen molar-refractivity contribution >= 4 is 23.2 Å². The Morgan fingerprint density at radius 2 is 1.96 bits per heavy atom. The van der Waals surface area contributed by atoms with Crippen LogP contribution in [0, 0.1) is 11.6 Å². The zero-order valence-electron chi connectivity index (χ0n) is 13.8. The summed E-state index contributed by atoms with van der Waals surface area (Å²) in [5.74, 6) is -2.19. The summed E-state index contributed by atoms with van der Waals surface area (Å²) in [4.78, 5) is 14.5. The highest BCUT2D eigenvalue weighted by atomic mass is 35.5. The number of amides is 1. The van der Waals surface area contributed by atoms with Crippen LogP contribution in [0.5, 0.6) is 0 Å². The van der Waals surface area contributed by atoms with Crippen molar-refractivity contribution in [1.29, 1.82) is 0 Å². The van der Waals surface area contributed by atoms with Crippen molar-refractivity contribution in [3.63, 3.8) is 0 Å². The normalized spacial score (nSPS) is 15.2. The molecule has 1 atom stereocenters. The molecule has 2 aromatic rings. The number of benzene rings is 2. The van der Waals surface area contributed by atoms with Crippen LogP contribution < -0.4 is 5.32 Å². The van der Waals surface area contributed by atoms with Gasteiger partial charge in [-0.3, -0.25) is 9.69 Å². The molecule has 0 unspecified atom stereocenters. The molecular weight excluding hydrogens is 346 g/mol. The fourth-order valence-corrected chi connectivity index (χ4v) is 3.21. The Kier molecular flexibility index (Phi) is 5.35. The summed E-state index contributed by atoms with van der Waals surface area (Å²) in [7, 11) is 0. The minimum absolute atomic E-state index is 0.0168. The lowest BCUT2D eigenvalue weighted by atomic mass is 10.1. The summed E-state index contributed by atoms with van der Waals surface area (Å²) in [5, 5.41) is 3.29. The second-order valence-electron chi connectivity index (χ2n) is 6.28. The van der Waals surface area contributed by atoms with E-state index in [1.165, 1.54) is 6.07 Å². The maximum atomic E-state index is 13.3. The third-order valence-corrected chi connectivity index (χ3v) is 4.74. The molecule has 0 aliphatic heterocycles. The van der Waals surface area contributed by atoms with Gasteiger partial charge >= 0.3 is 0 Å². The molecule has 2 aromatic carbocycles. The second kappa shape index (κ2) is 7.50. The Bertz CT molecular complexity index is 780. The topological polar surface area (TPSA) is 32.3 Å². The quantitative estimate of drug-likeness (QED) is 0.799. The first-order valence-corrected chi connectivity index (χ1v) is 8.58. The van der Waals surface area contributed by atoms with Crippen molar-refractivity contribution < 1.29 is 13.6 Å². The molecule has 0 saturated heterocycles. The number of carbonyl (C=O) groups excluding carboxylic acids is 1. The molecule has 6 heteroatoms. The summed E-state index contributed by atoms with van der Waals surface area (Å²) in [6.07, 6.45) is 2.07. The van der Waals surface area contributed by atoms with Crippen molar-refractivity contribution in [2.45, 2.75) is 31.8 Å². The predicted octanol–water partition coefficient (Wildman–Crippen LogP) is 4.78. The van der Waals surface area contributed by atoms with Gasteiger partial charge in [0.15, 0.2) is 11.6 Å². The lowest BCUT2D eigenvalue weighted by molar-refractivity contribution is -0.118. The van der Waals surface area contributed by atoms with Crippen LogP contribution in [0.4, 0.5) is 14.5 Å². The lowest BCUT2D eigenvalue weighted by Gasteiger charge is -2.29. The van der Waals surface area contributed by atoms with Crippen LogP contribution >= 0.6 is 11.6 Å². The summed E-state index contributed by atoms with van der Waals surface area (Å²) < 4.78 is 26.3. The first kappa shape index (κ1) is 17.8. The van der Waals surface area contributed by atoms with Crippen LogP contribution in [0.2, 0.25) is 5.02 Å². The fraction of sp³-hybridized carbons (Fsp3) is 0.316. The van der Waals surface area contributed by atoms with Gasteiger partial charge in [-0.2, -0.15) is 0 Å². The number of hydrogen-bond acceptors (Lipinski definition) is 2. The van der Waals surface area contributed by atoms with E-state index in [4.69, 9.17) is 11.6 Å². The van der Waals surface area contributed by atoms with Crippen molar-refractivity contribution in [3.05, 3.63) is 64.7 Å². The van der Waals surface area contributed by atoms with E-state index in [2.05, 4.69) is 10.2 Å². The van der Waals surface area contributed by atoms with E-state index in [9.17, 15) is 13.6 Å². The average Bonchev–Trinajstić information content (AvgIpc) is 3.41. The van der Waals surface area contributed by atoms with Crippen LogP contribution in [0.3, 0.4) is 0 Å². The Labute approximate surface area is 150 Å². The van der Waals surface area contributed by atoms with Gasteiger partial charge < -0.3 is 5.32 Å². The largest absolute Gasteiger partial charge is 0.325 e. The molecule has 1 aliphatic rings. The molecule has 0 radical (unpaired) electrons. The van der Waals surface area contributed by atoms with Gasteiger partial charge in [-0.25, -0.2) is 8.78 Å². The summed E-state index contributed by atoms with van der Waals surface area (Å²) in [6, 6.07) is 11.2. The van der Waals surface area contributed by atoms with Gasteiger partial charge in [0.2, 0.25) is 5.91 Å². The Morgan fingerprint density at radius 1 is 1.24 bits per heavy atom. The van der Waals surface area contributed by atoms with Crippen molar-refractivity contribution in [2.75, 3.05) is 11.9 Å². The molecule has 0 spiro atoms. The van der Waals surface area contributed by atoms with E-state index in [-0.39, 0.29) is 24.2 Å². The van der Waals surface area contributed by atoms with E-state index < -0.39 is 11.6 Å². The van der Waals surface area contributed by atoms with E-state index in [0.717, 1.165) is 30.5 Å². The maximum Gasteiger partial charge on any atom is 0.238 e. The second-order valence-corrected chi connectivity index (χ2v) is 6.69. The number of nitrogens with zero attached hydrogens (tertiary/aromatic N) is 1. The first-order chi connectivity index (χ1) is 12.0. The Balaban J connectivity index is 1.70. The SMILES string of the molecule is C[C@@H](c1ccccc1Cl)N(CC(=O)Nc1ccc(F)c(F)c1)C1CC1. The number of hydrogen-bond donors (Lipinski definition) is 1. The minimum Gasteiger partial charge on any atom is -0.325 e. The van der Waals surface area contributed by atoms with Gasteiger partial charge in [0.1, 0.15) is 0 Å². The van der Waals surface area contributed by atoms with Crippen molar-refractivity contribution in [1.82, 2.24) is 4.90 Å². The molecule has 0 aromatic heterocycles. The monoisotopic (exact) mass is 364 g/mol. The van der Waals surface area contributed by atoms with Gasteiger partial charge in [0.25, 0.3) is 0 Å². The lowest BCUT2D eigenvalue weighted by Crippen LogP contribution is -2.37. The highest BCUT2D eigenvalue weighted by molar-refractivity contribution is 6.31. The first-order valence-electron chi connectivity index (χ1n) is 8.21. The van der Waals surface area contributed by atoms with Crippen LogP contribution in [-0.4, -0.2) is 23.4 Å². The van der Waals surface area contributed by atoms with Crippen LogP contribution in [0.25, 0.3) is 0 Å². The molecule has 1 aliphatic carbocycles. The van der Waals surface area contributed by atoms with Gasteiger partial charge in [-0.15, -0.1) is 0 Å². The van der Waals surface area contributed by atoms with E-state index in [0.29, 0.717) is 11.1 Å². The average molecular weight is 365 g/mol. The number of carbonyl (C=O) groups is 1. The zero-order chi connectivity index (χ0) is 18.0. The Hall–Kier alpha value is -1.98. The summed E-state index contributed by atoms with van der Waals surface area (Å²) in [6.45, 7) is 2.18. The molecule has 0 heterocycles. The van der Waals surface area contributed by atoms with Crippen LogP contribution in [-0.2, 0) is 4.79 Å². The third-order valence-electron chi connectivity index (χ3n) is 4.40. The van der Waals surface area contributed by atoms with Crippen LogP contribution in [0.1, 0.15) is 31.4 Å². The summed E-state index contributed by atoms with van der Waals surface area (Å²) >= 11 is 6.28. The molecule has 1 saturated carbocycles. The summed E-state index contributed by atoms with van der Waals surface area (Å²) in [5.41, 5.74) is 1.21. The van der Waals surface area contributed by atoms with Gasteiger partial charge in [-0.05, 0) is 43.5 Å². The molecule has 132 valence electrons. The number of nitrogens with one attached hydrogen (secondary N) is 1. The number of rotatable bonds is 6. The molecule has 0 bridgehead atoms. The minimum atomic E-state index is -0.985. The van der Waals surface area contributed by atoms with E-state index >= 15 is 0 Å². The standard InChI is InChI=1S/C19H19ClF2N2O/c1-12(15-4-2-3-5-16(15)20)24(14-7-8-14)11-19(25)23-13-6-9-17(21)18(22)10-13/h2-6,9-10,12,14H,7-8,11H2,1H3,(H,23,25)/t12-/m0/s1. The fourth-order valence-electron chi connectivity index (χ4n) is 2.92. The van der Waals surface area contributed by atoms with Crippen molar-refractivity contribution in [3.8, 4) is 0 Å². The number of anilines is 1. The van der Waals surface area contributed by atoms with E-state index in [1.54, 1.807) is 0 Å². The smallest absolute Gasteiger partial charge is 0.238 e. The van der Waals surface area contributed by atoms with Gasteiger partial charge in [0, 0.05) is 28.9 Å². The number of halogens is 3. The molecule has 1 amide bonds. The Morgan fingerprint density at radius 3 is 2.60 bits per heavy atom. The van der Waals surface area contributed by atoms with Gasteiger partial charge in [-0.1, -0.05) is 29.8 Å². The van der Waals surface area contributed by atoms with Crippen LogP contribution in [0.15, 0.2) is 42.5 Å². The molecular formula is C19H19ClF2N2O. The molecule has 1 fully saturated rings. The predicted molar refractivity (Wildman–Crippen MR) is 94.6 cm³/mol. The maximum absolute atomic E-state index is 13.3. The van der Waals surface area contributed by atoms with Gasteiger partial charge in [0.05, 0.1) is 6.54 Å². The highest BCUT2D eigenvalue weighted by Gasteiger charge is 2.34. The zero-order valence-corrected chi connectivity index (χ0v) is 14.6. The molecule has 25 heavy (non-hydrogen) atoms. The highest BCUT2D eigenvalue weighted by Crippen LogP contribution is 2.36.